The standard InChI is InChI=1S/C25H31FN4O6/c1-25(2,3)36-24(32)29-12-7-8-17(16-29)28-23(31)19-14-22(30(33)34)21(15-20(19)26)27-11-13-35-18-9-5-4-6-10-18/h4-6,9-10,14-15,17,27H,7-8,11-13,16H2,1-3H3,(H,28,31). The molecule has 1 unspecified atom stereocenters. The van der Waals surface area contributed by atoms with E-state index in [1.807, 2.05) is 18.2 Å². The number of carbonyl (C=O) groups is 2. The van der Waals surface area contributed by atoms with Gasteiger partial charge in [0.15, 0.2) is 0 Å². The quantitative estimate of drug-likeness (QED) is 0.312. The fourth-order valence-electron chi connectivity index (χ4n) is 3.75. The van der Waals surface area contributed by atoms with Gasteiger partial charge in [0.25, 0.3) is 11.6 Å². The Morgan fingerprint density at radius 3 is 2.61 bits per heavy atom. The Morgan fingerprint density at radius 1 is 1.22 bits per heavy atom. The van der Waals surface area contributed by atoms with E-state index in [4.69, 9.17) is 9.47 Å². The number of hydrogen-bond donors (Lipinski definition) is 2. The van der Waals surface area contributed by atoms with Crippen LogP contribution in [0.2, 0.25) is 0 Å². The number of piperidine rings is 1. The van der Waals surface area contributed by atoms with E-state index in [1.54, 1.807) is 32.9 Å². The summed E-state index contributed by atoms with van der Waals surface area (Å²) in [5, 5.41) is 17.1. The predicted octanol–water partition coefficient (Wildman–Crippen LogP) is 4.35. The number of para-hydroxylation sites is 1. The van der Waals surface area contributed by atoms with Crippen LogP contribution in [-0.2, 0) is 4.74 Å². The predicted molar refractivity (Wildman–Crippen MR) is 132 cm³/mol. The van der Waals surface area contributed by atoms with Gasteiger partial charge in [-0.05, 0) is 45.7 Å². The Bertz CT molecular complexity index is 1090. The van der Waals surface area contributed by atoms with Crippen LogP contribution in [-0.4, -0.2) is 59.7 Å². The van der Waals surface area contributed by atoms with Gasteiger partial charge in [0.05, 0.1) is 10.5 Å². The molecule has 0 bridgehead atoms. The first-order valence-corrected chi connectivity index (χ1v) is 11.7. The summed E-state index contributed by atoms with van der Waals surface area (Å²) in [5.41, 5.74) is -1.58. The monoisotopic (exact) mass is 502 g/mol. The fraction of sp³-hybridized carbons (Fsp3) is 0.440. The number of ether oxygens (including phenoxy) is 2. The first-order chi connectivity index (χ1) is 17.0. The van der Waals surface area contributed by atoms with Crippen molar-refractivity contribution >= 4 is 23.4 Å². The van der Waals surface area contributed by atoms with Gasteiger partial charge in [-0.2, -0.15) is 0 Å². The van der Waals surface area contributed by atoms with Crippen LogP contribution in [0, 0.1) is 15.9 Å². The molecule has 0 radical (unpaired) electrons. The lowest BCUT2D eigenvalue weighted by molar-refractivity contribution is -0.384. The van der Waals surface area contributed by atoms with E-state index in [2.05, 4.69) is 10.6 Å². The summed E-state index contributed by atoms with van der Waals surface area (Å²) in [4.78, 5) is 37.6. The minimum atomic E-state index is -0.899. The summed E-state index contributed by atoms with van der Waals surface area (Å²) in [6, 6.07) is 10.4. The average Bonchev–Trinajstić information content (AvgIpc) is 2.81. The van der Waals surface area contributed by atoms with Crippen LogP contribution in [0.1, 0.15) is 44.0 Å². The van der Waals surface area contributed by atoms with Crippen LogP contribution < -0.4 is 15.4 Å². The second kappa shape index (κ2) is 11.7. The van der Waals surface area contributed by atoms with Crippen LogP contribution in [0.5, 0.6) is 5.75 Å². The third-order valence-corrected chi connectivity index (χ3v) is 5.36. The van der Waals surface area contributed by atoms with Gasteiger partial charge < -0.3 is 25.0 Å². The van der Waals surface area contributed by atoms with Gasteiger partial charge in [-0.25, -0.2) is 9.18 Å². The lowest BCUT2D eigenvalue weighted by Crippen LogP contribution is -2.50. The third kappa shape index (κ3) is 7.56. The zero-order valence-electron chi connectivity index (χ0n) is 20.6. The van der Waals surface area contributed by atoms with Crippen molar-refractivity contribution in [2.24, 2.45) is 0 Å². The smallest absolute Gasteiger partial charge is 0.410 e. The molecule has 2 aromatic carbocycles. The molecular formula is C25H31FN4O6. The van der Waals surface area contributed by atoms with Crippen LogP contribution >= 0.6 is 0 Å². The Kier molecular flexibility index (Phi) is 8.68. The van der Waals surface area contributed by atoms with Crippen molar-refractivity contribution in [3.8, 4) is 5.75 Å². The molecule has 2 aromatic rings. The summed E-state index contributed by atoms with van der Waals surface area (Å²) >= 11 is 0. The van der Waals surface area contributed by atoms with Crippen molar-refractivity contribution < 1.29 is 28.4 Å². The molecule has 194 valence electrons. The molecule has 1 fully saturated rings. The van der Waals surface area contributed by atoms with Gasteiger partial charge in [-0.3, -0.25) is 14.9 Å². The average molecular weight is 503 g/mol. The van der Waals surface area contributed by atoms with Crippen LogP contribution in [0.25, 0.3) is 0 Å². The molecule has 36 heavy (non-hydrogen) atoms. The van der Waals surface area contributed by atoms with Crippen molar-refractivity contribution in [1.82, 2.24) is 10.2 Å². The lowest BCUT2D eigenvalue weighted by atomic mass is 10.0. The van der Waals surface area contributed by atoms with Crippen LogP contribution in [0.4, 0.5) is 20.6 Å². The Labute approximate surface area is 208 Å². The van der Waals surface area contributed by atoms with Gasteiger partial charge in [-0.1, -0.05) is 18.2 Å². The molecule has 0 spiro atoms. The zero-order chi connectivity index (χ0) is 26.3. The number of likely N-dealkylation sites (tertiary alicyclic amines) is 1. The highest BCUT2D eigenvalue weighted by Gasteiger charge is 2.30. The van der Waals surface area contributed by atoms with Crippen molar-refractivity contribution in [2.75, 3.05) is 31.6 Å². The summed E-state index contributed by atoms with van der Waals surface area (Å²) in [6.45, 7) is 6.35. The zero-order valence-corrected chi connectivity index (χ0v) is 20.6. The number of nitro groups is 1. The van der Waals surface area contributed by atoms with E-state index in [-0.39, 0.29) is 25.4 Å². The number of halogens is 1. The molecule has 0 aliphatic carbocycles. The minimum Gasteiger partial charge on any atom is -0.492 e. The maximum absolute atomic E-state index is 14.8. The number of carbonyl (C=O) groups excluding carboxylic acids is 2. The first-order valence-electron chi connectivity index (χ1n) is 11.7. The van der Waals surface area contributed by atoms with E-state index in [9.17, 15) is 24.1 Å². The Morgan fingerprint density at radius 2 is 1.94 bits per heavy atom. The molecule has 2 N–H and O–H groups in total. The van der Waals surface area contributed by atoms with E-state index in [0.29, 0.717) is 25.1 Å². The lowest BCUT2D eigenvalue weighted by Gasteiger charge is -2.34. The maximum Gasteiger partial charge on any atom is 0.410 e. The number of amides is 2. The highest BCUT2D eigenvalue weighted by molar-refractivity contribution is 5.96. The Hall–Kier alpha value is -3.89. The number of hydrogen-bond acceptors (Lipinski definition) is 7. The SMILES string of the molecule is CC(C)(C)OC(=O)N1CCCC(NC(=O)c2cc([N+](=O)[O-])c(NCCOc3ccccc3)cc2F)C1. The molecule has 1 heterocycles. The number of anilines is 1. The molecular weight excluding hydrogens is 471 g/mol. The van der Waals surface area contributed by atoms with Gasteiger partial charge in [0.1, 0.15) is 29.5 Å². The molecule has 10 nitrogen and oxygen atoms in total. The highest BCUT2D eigenvalue weighted by atomic mass is 19.1. The van der Waals surface area contributed by atoms with Crippen LogP contribution in [0.3, 0.4) is 0 Å². The van der Waals surface area contributed by atoms with Gasteiger partial charge in [0, 0.05) is 37.8 Å². The van der Waals surface area contributed by atoms with E-state index < -0.39 is 45.6 Å². The molecule has 11 heteroatoms. The molecule has 0 saturated carbocycles. The van der Waals surface area contributed by atoms with E-state index in [1.165, 1.54) is 4.90 Å². The van der Waals surface area contributed by atoms with Crippen molar-refractivity contribution in [3.05, 3.63) is 64.0 Å². The van der Waals surface area contributed by atoms with Crippen molar-refractivity contribution in [2.45, 2.75) is 45.3 Å². The van der Waals surface area contributed by atoms with Gasteiger partial charge in [0.2, 0.25) is 0 Å². The molecule has 3 rings (SSSR count). The van der Waals surface area contributed by atoms with Crippen molar-refractivity contribution in [1.29, 1.82) is 0 Å². The number of benzene rings is 2. The molecule has 1 saturated heterocycles. The second-order valence-corrected chi connectivity index (χ2v) is 9.43. The fourth-order valence-corrected chi connectivity index (χ4v) is 3.75. The number of nitrogens with zero attached hydrogens (tertiary/aromatic N) is 2. The van der Waals surface area contributed by atoms with E-state index in [0.717, 1.165) is 12.1 Å². The molecule has 1 aliphatic heterocycles. The maximum atomic E-state index is 14.8. The summed E-state index contributed by atoms with van der Waals surface area (Å²) in [7, 11) is 0. The highest BCUT2D eigenvalue weighted by Crippen LogP contribution is 2.28. The summed E-state index contributed by atoms with van der Waals surface area (Å²) in [5.74, 6) is -1.05. The number of rotatable bonds is 8. The number of nitrogens with one attached hydrogen (secondary N) is 2. The first kappa shape index (κ1) is 26.7. The minimum absolute atomic E-state index is 0.0560. The third-order valence-electron chi connectivity index (χ3n) is 5.36. The molecule has 2 amide bonds. The molecule has 0 aromatic heterocycles. The topological polar surface area (TPSA) is 123 Å². The molecule has 1 atom stereocenters. The largest absolute Gasteiger partial charge is 0.492 e. The number of nitro benzene ring substituents is 1. The van der Waals surface area contributed by atoms with Crippen molar-refractivity contribution in [3.63, 3.8) is 0 Å². The van der Waals surface area contributed by atoms with Crippen LogP contribution in [0.15, 0.2) is 42.5 Å². The second-order valence-electron chi connectivity index (χ2n) is 9.43. The van der Waals surface area contributed by atoms with Gasteiger partial charge in [-0.15, -0.1) is 0 Å². The normalized spacial score (nSPS) is 15.7. The van der Waals surface area contributed by atoms with Gasteiger partial charge >= 0.3 is 6.09 Å². The Balaban J connectivity index is 1.63. The molecule has 1 aliphatic rings. The summed E-state index contributed by atoms with van der Waals surface area (Å²) < 4.78 is 25.7. The summed E-state index contributed by atoms with van der Waals surface area (Å²) in [6.07, 6.45) is 0.714. The van der Waals surface area contributed by atoms with E-state index >= 15 is 0 Å².